The molecule has 1 heteroatoms. The Labute approximate surface area is 93.1 Å². The third-order valence-corrected chi connectivity index (χ3v) is 1.87. The Morgan fingerprint density at radius 3 is 1.69 bits per heavy atom. The first kappa shape index (κ1) is 12.3. The average Bonchev–Trinajstić information content (AvgIpc) is 2.67. The van der Waals surface area contributed by atoms with Crippen molar-refractivity contribution in [3.8, 4) is 0 Å². The topological polar surface area (TPSA) is 0 Å². The molecule has 0 unspecified atom stereocenters. The van der Waals surface area contributed by atoms with Crippen molar-refractivity contribution >= 4 is 0 Å². The zero-order valence-electron chi connectivity index (χ0n) is 7.97. The maximum Gasteiger partial charge on any atom is 0 e. The van der Waals surface area contributed by atoms with E-state index >= 15 is 0 Å². The number of hydrogen-bond acceptors (Lipinski definition) is 0. The molecule has 0 saturated carbocycles. The summed E-state index contributed by atoms with van der Waals surface area (Å²) in [5.41, 5.74) is 2.78. The van der Waals surface area contributed by atoms with E-state index in [4.69, 9.17) is 0 Å². The predicted molar refractivity (Wildman–Crippen MR) is 53.5 cm³/mol. The quantitative estimate of drug-likeness (QED) is 0.502. The van der Waals surface area contributed by atoms with Gasteiger partial charge < -0.3 is 30.3 Å². The number of hydrogen-bond donors (Lipinski definition) is 0. The van der Waals surface area contributed by atoms with Crippen LogP contribution >= 0.6 is 0 Å². The van der Waals surface area contributed by atoms with Gasteiger partial charge >= 0.3 is 0 Å². The second-order valence-corrected chi connectivity index (χ2v) is 2.85. The fourth-order valence-corrected chi connectivity index (χ4v) is 0.920. The Bertz CT molecular complexity index is 257. The van der Waals surface area contributed by atoms with Crippen molar-refractivity contribution in [3.63, 3.8) is 0 Å². The minimum atomic E-state index is 0. The molecule has 0 N–H and O–H groups in total. The third-order valence-electron chi connectivity index (χ3n) is 1.87. The van der Waals surface area contributed by atoms with Crippen LogP contribution < -0.4 is 0 Å². The molecular formula is C12H14Ru-6. The fraction of sp³-hybridized carbons (Fsp3) is 0.167. The maximum atomic E-state index is 2.12. The van der Waals surface area contributed by atoms with Gasteiger partial charge in [0.2, 0.25) is 0 Å². The first-order chi connectivity index (χ1) is 5.80. The van der Waals surface area contributed by atoms with Crippen LogP contribution in [0.2, 0.25) is 0 Å². The largest absolute Gasteiger partial charge is 0.748 e. The van der Waals surface area contributed by atoms with Crippen molar-refractivity contribution in [2.24, 2.45) is 0 Å². The molecule has 0 bridgehead atoms. The molecule has 2 rings (SSSR count). The third kappa shape index (κ3) is 4.80. The first-order valence-electron chi connectivity index (χ1n) is 4.16. The summed E-state index contributed by atoms with van der Waals surface area (Å²) < 4.78 is 0. The molecule has 2 aromatic carbocycles. The average molecular weight is 259 g/mol. The Kier molecular flexibility index (Phi) is 6.44. The Balaban J connectivity index is 0.000000215. The molecule has 76 valence electrons. The van der Waals surface area contributed by atoms with E-state index in [1.165, 1.54) is 11.1 Å². The molecule has 0 aliphatic carbocycles. The van der Waals surface area contributed by atoms with Gasteiger partial charge in [-0.2, -0.15) is 17.2 Å². The Hall–Kier alpha value is -0.677. The van der Waals surface area contributed by atoms with E-state index < -0.39 is 0 Å². The fourth-order valence-electron chi connectivity index (χ4n) is 0.920. The first-order valence-corrected chi connectivity index (χ1v) is 4.16. The van der Waals surface area contributed by atoms with Gasteiger partial charge in [0.1, 0.15) is 0 Å². The summed E-state index contributed by atoms with van der Waals surface area (Å²) in [6.07, 6.45) is 0. The summed E-state index contributed by atoms with van der Waals surface area (Å²) in [6, 6.07) is 16.3. The van der Waals surface area contributed by atoms with E-state index in [1.807, 2.05) is 30.3 Å². The molecule has 0 fully saturated rings. The standard InChI is InChI=1S/C7H9.C5H5.Ru/c1-6-4-3-5-7(6)2;1-2-4-5-3-1;/h3-5H,1-2H3;1-5H;/q-1;-5;. The predicted octanol–water partition coefficient (Wildman–Crippen LogP) is 3.43. The molecular weight excluding hydrogens is 245 g/mol. The monoisotopic (exact) mass is 260 g/mol. The molecule has 0 atom stereocenters. The van der Waals surface area contributed by atoms with Crippen LogP contribution in [0.25, 0.3) is 0 Å². The van der Waals surface area contributed by atoms with Crippen LogP contribution in [0.5, 0.6) is 0 Å². The van der Waals surface area contributed by atoms with Gasteiger partial charge in [-0.15, -0.1) is 0 Å². The molecule has 0 aromatic heterocycles. The summed E-state index contributed by atoms with van der Waals surface area (Å²) in [4.78, 5) is 0. The number of rotatable bonds is 0. The van der Waals surface area contributed by atoms with Gasteiger partial charge in [-0.05, 0) is 0 Å². The van der Waals surface area contributed by atoms with E-state index in [1.54, 1.807) is 0 Å². The van der Waals surface area contributed by atoms with Gasteiger partial charge in [0.05, 0.1) is 0 Å². The summed E-state index contributed by atoms with van der Waals surface area (Å²) in [5.74, 6) is 0. The molecule has 0 heterocycles. The van der Waals surface area contributed by atoms with Gasteiger partial charge in [-0.3, -0.25) is 0 Å². The minimum Gasteiger partial charge on any atom is -0.748 e. The Morgan fingerprint density at radius 2 is 1.54 bits per heavy atom. The smallest absolute Gasteiger partial charge is 0 e. The van der Waals surface area contributed by atoms with E-state index in [-0.39, 0.29) is 19.5 Å². The van der Waals surface area contributed by atoms with Crippen LogP contribution in [0.4, 0.5) is 0 Å². The van der Waals surface area contributed by atoms with Crippen LogP contribution in [0.3, 0.4) is 0 Å². The zero-order valence-corrected chi connectivity index (χ0v) is 9.71. The molecule has 0 nitrogen and oxygen atoms in total. The van der Waals surface area contributed by atoms with E-state index in [2.05, 4.69) is 32.0 Å². The van der Waals surface area contributed by atoms with Crippen LogP contribution in [-0.4, -0.2) is 0 Å². The normalized spacial score (nSPS) is 8.15. The molecule has 0 aliphatic heterocycles. The van der Waals surface area contributed by atoms with Gasteiger partial charge in [0, 0.05) is 19.5 Å². The SMILES string of the molecule is Cc1ccc[c-]1C.[Ru].[cH-]1[cH-][cH-][cH-][cH-]1. The van der Waals surface area contributed by atoms with Crippen molar-refractivity contribution in [2.45, 2.75) is 13.8 Å². The molecule has 0 saturated heterocycles. The van der Waals surface area contributed by atoms with Gasteiger partial charge in [0.15, 0.2) is 0 Å². The van der Waals surface area contributed by atoms with Crippen LogP contribution in [0.1, 0.15) is 11.1 Å². The van der Waals surface area contributed by atoms with Gasteiger partial charge in [0.25, 0.3) is 0 Å². The minimum absolute atomic E-state index is 0. The van der Waals surface area contributed by atoms with Crippen LogP contribution in [0, 0.1) is 13.8 Å². The van der Waals surface area contributed by atoms with E-state index in [9.17, 15) is 0 Å². The van der Waals surface area contributed by atoms with E-state index in [0.717, 1.165) is 0 Å². The van der Waals surface area contributed by atoms with Gasteiger partial charge in [-0.1, -0.05) is 13.8 Å². The molecule has 2 aromatic rings. The van der Waals surface area contributed by atoms with Crippen molar-refractivity contribution < 1.29 is 19.5 Å². The summed E-state index contributed by atoms with van der Waals surface area (Å²) >= 11 is 0. The van der Waals surface area contributed by atoms with Crippen LogP contribution in [-0.2, 0) is 19.5 Å². The molecule has 13 heavy (non-hydrogen) atoms. The zero-order chi connectivity index (χ0) is 8.81. The van der Waals surface area contributed by atoms with Crippen molar-refractivity contribution in [1.82, 2.24) is 0 Å². The molecule has 0 radical (unpaired) electrons. The summed E-state index contributed by atoms with van der Waals surface area (Å²) in [7, 11) is 0. The maximum absolute atomic E-state index is 2.12. The van der Waals surface area contributed by atoms with Gasteiger partial charge in [-0.25, -0.2) is 12.1 Å². The number of aryl methyl sites for hydroxylation is 2. The summed E-state index contributed by atoms with van der Waals surface area (Å²) in [6.45, 7) is 4.24. The second-order valence-electron chi connectivity index (χ2n) is 2.85. The summed E-state index contributed by atoms with van der Waals surface area (Å²) in [5, 5.41) is 0. The molecule has 0 spiro atoms. The molecule has 0 amide bonds. The Morgan fingerprint density at radius 1 is 1.08 bits per heavy atom. The van der Waals surface area contributed by atoms with Crippen molar-refractivity contribution in [1.29, 1.82) is 0 Å². The van der Waals surface area contributed by atoms with Crippen LogP contribution in [0.15, 0.2) is 48.5 Å². The van der Waals surface area contributed by atoms with E-state index in [0.29, 0.717) is 0 Å². The second kappa shape index (κ2) is 6.80. The van der Waals surface area contributed by atoms with Crippen molar-refractivity contribution in [3.05, 3.63) is 59.7 Å². The molecule has 0 aliphatic rings. The van der Waals surface area contributed by atoms with Crippen molar-refractivity contribution in [2.75, 3.05) is 0 Å².